The van der Waals surface area contributed by atoms with Gasteiger partial charge in [0.25, 0.3) is 22.8 Å². The van der Waals surface area contributed by atoms with Crippen molar-refractivity contribution in [1.29, 1.82) is 0 Å². The zero-order valence-electron chi connectivity index (χ0n) is 17.1. The number of nitro benzene ring substituents is 2. The minimum Gasteiger partial charge on any atom is -0.293 e. The molecule has 1 aromatic rings. The number of nitro groups is 4. The Morgan fingerprint density at radius 3 is 1.84 bits per heavy atom. The number of hydrogen-bond acceptors (Lipinski definition) is 9. The van der Waals surface area contributed by atoms with Gasteiger partial charge in [-0.15, -0.1) is 0 Å². The van der Waals surface area contributed by atoms with E-state index in [4.69, 9.17) is 0 Å². The van der Waals surface area contributed by atoms with Crippen LogP contribution < -0.4 is 0 Å². The Hall–Kier alpha value is -4.03. The first-order valence-electron chi connectivity index (χ1n) is 9.28. The summed E-state index contributed by atoms with van der Waals surface area (Å²) in [5.74, 6) is -3.74. The molecule has 13 nitrogen and oxygen atoms in total. The van der Waals surface area contributed by atoms with E-state index in [9.17, 15) is 45.3 Å². The van der Waals surface area contributed by atoms with Gasteiger partial charge in [0.1, 0.15) is 0 Å². The number of rotatable bonds is 4. The lowest BCUT2D eigenvalue weighted by Gasteiger charge is -2.16. The maximum absolute atomic E-state index is 12.6. The standard InChI is InChI=1S/C13H6N4O9.C3H8.C2H6/c18-13-7-1-5(14(19)20)3-9(16(23)24)11(7)12-8(13)2-6(15(21)22)4-10(12)17(25)26;1-3-2;1-2/h1-4,7,11H;3H2,1-2H3;1-2H3. The van der Waals surface area contributed by atoms with Crippen molar-refractivity contribution in [2.24, 2.45) is 5.92 Å². The molecule has 2 aliphatic carbocycles. The fourth-order valence-corrected chi connectivity index (χ4v) is 3.18. The molecule has 2 atom stereocenters. The van der Waals surface area contributed by atoms with Gasteiger partial charge in [0.15, 0.2) is 5.78 Å². The van der Waals surface area contributed by atoms with Crippen molar-refractivity contribution in [2.45, 2.75) is 40.0 Å². The Kier molecular flexibility index (Phi) is 8.18. The van der Waals surface area contributed by atoms with Crippen LogP contribution >= 0.6 is 0 Å². The Morgan fingerprint density at radius 2 is 1.42 bits per heavy atom. The van der Waals surface area contributed by atoms with E-state index < -0.39 is 65.6 Å². The zero-order chi connectivity index (χ0) is 24.0. The summed E-state index contributed by atoms with van der Waals surface area (Å²) in [6, 6.07) is 1.40. The maximum Gasteiger partial charge on any atom is 0.281 e. The van der Waals surface area contributed by atoms with Crippen LogP contribution in [-0.4, -0.2) is 25.5 Å². The topological polar surface area (TPSA) is 190 Å². The number of allylic oxidation sites excluding steroid dienone is 3. The van der Waals surface area contributed by atoms with Crippen LogP contribution in [0.5, 0.6) is 0 Å². The average Bonchev–Trinajstić information content (AvgIpc) is 3.00. The summed E-state index contributed by atoms with van der Waals surface area (Å²) in [5.41, 5.74) is -3.77. The summed E-state index contributed by atoms with van der Waals surface area (Å²) in [5, 5.41) is 44.6. The van der Waals surface area contributed by atoms with Gasteiger partial charge in [-0.2, -0.15) is 0 Å². The fourth-order valence-electron chi connectivity index (χ4n) is 3.18. The summed E-state index contributed by atoms with van der Waals surface area (Å²) in [7, 11) is 0. The summed E-state index contributed by atoms with van der Waals surface area (Å²) >= 11 is 0. The second-order valence-corrected chi connectivity index (χ2v) is 6.19. The first-order valence-corrected chi connectivity index (χ1v) is 9.28. The molecule has 0 bridgehead atoms. The monoisotopic (exact) mass is 436 g/mol. The number of hydrogen-bond donors (Lipinski definition) is 0. The molecule has 0 saturated carbocycles. The molecule has 2 aliphatic rings. The fraction of sp³-hybridized carbons (Fsp3) is 0.389. The van der Waals surface area contributed by atoms with Gasteiger partial charge in [-0.05, 0) is 0 Å². The number of Topliss-reactive ketones (excluding diaryl/α,β-unsaturated/α-hetero) is 1. The van der Waals surface area contributed by atoms with Crippen molar-refractivity contribution < 1.29 is 24.5 Å². The van der Waals surface area contributed by atoms with Crippen LogP contribution in [0.4, 0.5) is 11.4 Å². The predicted molar refractivity (Wildman–Crippen MR) is 108 cm³/mol. The molecule has 0 radical (unpaired) electrons. The van der Waals surface area contributed by atoms with Crippen LogP contribution in [0.25, 0.3) is 0 Å². The molecule has 0 aliphatic heterocycles. The molecule has 0 heterocycles. The molecule has 0 fully saturated rings. The molecule has 0 saturated heterocycles. The summed E-state index contributed by atoms with van der Waals surface area (Å²) < 4.78 is 0. The third-order valence-corrected chi connectivity index (χ3v) is 4.18. The lowest BCUT2D eigenvalue weighted by molar-refractivity contribution is -0.441. The van der Waals surface area contributed by atoms with Crippen LogP contribution in [0.3, 0.4) is 0 Å². The molecule has 0 amide bonds. The molecule has 31 heavy (non-hydrogen) atoms. The normalized spacial score (nSPS) is 18.0. The highest BCUT2D eigenvalue weighted by molar-refractivity contribution is 6.06. The number of carbonyl (C=O) groups excluding carboxylic acids is 1. The van der Waals surface area contributed by atoms with Crippen molar-refractivity contribution in [3.63, 3.8) is 0 Å². The molecular formula is C18H20N4O9. The van der Waals surface area contributed by atoms with Crippen molar-refractivity contribution in [1.82, 2.24) is 0 Å². The third-order valence-electron chi connectivity index (χ3n) is 4.18. The predicted octanol–water partition coefficient (Wildman–Crippen LogP) is 4.18. The molecule has 0 N–H and O–H groups in total. The highest BCUT2D eigenvalue weighted by atomic mass is 16.6. The van der Waals surface area contributed by atoms with Crippen LogP contribution in [-0.2, 0) is 0 Å². The van der Waals surface area contributed by atoms with Crippen LogP contribution in [0.2, 0.25) is 0 Å². The Balaban J connectivity index is 0.000000884. The number of benzene rings is 1. The summed E-state index contributed by atoms with van der Waals surface area (Å²) in [6.45, 7) is 8.25. The maximum atomic E-state index is 12.6. The van der Waals surface area contributed by atoms with E-state index >= 15 is 0 Å². The van der Waals surface area contributed by atoms with Crippen molar-refractivity contribution in [3.8, 4) is 0 Å². The number of nitrogens with zero attached hydrogens (tertiary/aromatic N) is 4. The smallest absolute Gasteiger partial charge is 0.281 e. The minimum absolute atomic E-state index is 0.350. The molecule has 3 rings (SSSR count). The van der Waals surface area contributed by atoms with Crippen molar-refractivity contribution in [3.05, 3.63) is 87.3 Å². The number of non-ortho nitro benzene ring substituents is 1. The second-order valence-electron chi connectivity index (χ2n) is 6.19. The largest absolute Gasteiger partial charge is 0.293 e. The highest BCUT2D eigenvalue weighted by Gasteiger charge is 2.53. The molecule has 0 aromatic heterocycles. The van der Waals surface area contributed by atoms with E-state index in [2.05, 4.69) is 13.8 Å². The van der Waals surface area contributed by atoms with Gasteiger partial charge in [0.2, 0.25) is 0 Å². The summed E-state index contributed by atoms with van der Waals surface area (Å²) in [6.07, 6.45) is 2.75. The van der Waals surface area contributed by atoms with Gasteiger partial charge in [-0.25, -0.2) is 0 Å². The number of carbonyl (C=O) groups is 1. The van der Waals surface area contributed by atoms with E-state index in [0.717, 1.165) is 12.1 Å². The van der Waals surface area contributed by atoms with Crippen molar-refractivity contribution in [2.75, 3.05) is 0 Å². The van der Waals surface area contributed by atoms with Gasteiger partial charge < -0.3 is 0 Å². The van der Waals surface area contributed by atoms with Crippen LogP contribution in [0, 0.1) is 46.4 Å². The summed E-state index contributed by atoms with van der Waals surface area (Å²) in [4.78, 5) is 53.3. The molecule has 2 unspecified atom stereocenters. The zero-order valence-corrected chi connectivity index (χ0v) is 17.1. The molecule has 1 aromatic carbocycles. The lowest BCUT2D eigenvalue weighted by Crippen LogP contribution is -2.23. The van der Waals surface area contributed by atoms with E-state index in [0.29, 0.717) is 12.1 Å². The first kappa shape index (κ1) is 25.0. The van der Waals surface area contributed by atoms with E-state index in [1.807, 2.05) is 13.8 Å². The van der Waals surface area contributed by atoms with Crippen LogP contribution in [0.1, 0.15) is 56.0 Å². The van der Waals surface area contributed by atoms with Gasteiger partial charge in [-0.3, -0.25) is 45.3 Å². The average molecular weight is 436 g/mol. The Morgan fingerprint density at radius 1 is 0.871 bits per heavy atom. The minimum atomic E-state index is -1.43. The van der Waals surface area contributed by atoms with E-state index in [1.165, 1.54) is 6.42 Å². The SMILES string of the molecule is CC.CCC.O=C1c2cc([N+](=O)[O-])cc([N+](=O)[O-])c2C2C([N+](=O)[O-])=CC([N+](=O)[O-])=CC12. The van der Waals surface area contributed by atoms with Crippen LogP contribution in [0.15, 0.2) is 35.7 Å². The molecule has 0 spiro atoms. The van der Waals surface area contributed by atoms with Gasteiger partial charge in [0.05, 0.1) is 49.2 Å². The van der Waals surface area contributed by atoms with Gasteiger partial charge in [0, 0.05) is 17.7 Å². The molecule has 13 heteroatoms. The number of fused-ring (bicyclic) bond motifs is 3. The first-order chi connectivity index (χ1) is 14.5. The van der Waals surface area contributed by atoms with Crippen molar-refractivity contribution >= 4 is 17.2 Å². The van der Waals surface area contributed by atoms with Gasteiger partial charge >= 0.3 is 0 Å². The third kappa shape index (κ3) is 4.76. The Labute approximate surface area is 175 Å². The number of ketones is 1. The highest BCUT2D eigenvalue weighted by Crippen LogP contribution is 2.50. The Bertz CT molecular complexity index is 1010. The molecular weight excluding hydrogens is 416 g/mol. The van der Waals surface area contributed by atoms with Gasteiger partial charge in [-0.1, -0.05) is 34.1 Å². The quantitative estimate of drug-likeness (QED) is 0.492. The van der Waals surface area contributed by atoms with E-state index in [-0.39, 0.29) is 5.56 Å². The second kappa shape index (κ2) is 10.1. The van der Waals surface area contributed by atoms with E-state index in [1.54, 1.807) is 0 Å². The lowest BCUT2D eigenvalue weighted by atomic mass is 9.84. The molecule has 166 valence electrons.